The molecule has 1 saturated heterocycles. The van der Waals surface area contributed by atoms with E-state index in [0.717, 1.165) is 6.42 Å². The molecule has 0 aromatic rings. The molecule has 0 spiro atoms. The minimum absolute atomic E-state index is 0.284. The van der Waals surface area contributed by atoms with Gasteiger partial charge in [0.15, 0.2) is 0 Å². The van der Waals surface area contributed by atoms with Crippen LogP contribution in [0.15, 0.2) is 0 Å². The van der Waals surface area contributed by atoms with E-state index in [4.69, 9.17) is 14.9 Å². The molecule has 0 radical (unpaired) electrons. The van der Waals surface area contributed by atoms with Crippen molar-refractivity contribution in [3.63, 3.8) is 0 Å². The lowest BCUT2D eigenvalue weighted by Gasteiger charge is -2.25. The first kappa shape index (κ1) is 8.49. The second kappa shape index (κ2) is 3.69. The average Bonchev–Trinajstić information content (AvgIpc) is 2.03. The summed E-state index contributed by atoms with van der Waals surface area (Å²) in [6.07, 6.45) is 0.392. The number of aliphatic hydroxyl groups excluding tert-OH is 2. The number of esters is 1. The zero-order valence-corrected chi connectivity index (χ0v) is 6.19. The number of ether oxygens (including phenoxy) is 1. The largest absolute Gasteiger partial charge is 0.460 e. The van der Waals surface area contributed by atoms with Crippen LogP contribution in [-0.2, 0) is 9.53 Å². The van der Waals surface area contributed by atoms with Gasteiger partial charge in [0.05, 0.1) is 6.61 Å². The molecule has 0 bridgehead atoms. The summed E-state index contributed by atoms with van der Waals surface area (Å²) in [5.41, 5.74) is 0. The van der Waals surface area contributed by atoms with Crippen LogP contribution in [0.3, 0.4) is 0 Å². The molecule has 0 aliphatic carbocycles. The fourth-order valence-corrected chi connectivity index (χ4v) is 1.12. The molecule has 64 valence electrons. The van der Waals surface area contributed by atoms with Crippen molar-refractivity contribution in [1.29, 1.82) is 0 Å². The lowest BCUT2D eigenvalue weighted by molar-refractivity contribution is -0.162. The molecule has 1 heterocycles. The van der Waals surface area contributed by atoms with E-state index < -0.39 is 12.2 Å². The van der Waals surface area contributed by atoms with Crippen molar-refractivity contribution >= 4 is 5.97 Å². The van der Waals surface area contributed by atoms with Crippen molar-refractivity contribution in [1.82, 2.24) is 0 Å². The van der Waals surface area contributed by atoms with Crippen LogP contribution in [0.5, 0.6) is 0 Å². The van der Waals surface area contributed by atoms with E-state index in [1.807, 2.05) is 0 Å². The highest BCUT2D eigenvalue weighted by atomic mass is 16.6. The Labute approximate surface area is 64.8 Å². The molecule has 0 aromatic heterocycles. The summed E-state index contributed by atoms with van der Waals surface area (Å²) in [5.74, 6) is -0.284. The van der Waals surface area contributed by atoms with Crippen LogP contribution in [0.1, 0.15) is 19.3 Å². The molecule has 4 heteroatoms. The van der Waals surface area contributed by atoms with Gasteiger partial charge in [-0.3, -0.25) is 4.79 Å². The van der Waals surface area contributed by atoms with Crippen molar-refractivity contribution in [2.75, 3.05) is 6.61 Å². The molecule has 1 aliphatic rings. The van der Waals surface area contributed by atoms with Crippen LogP contribution >= 0.6 is 0 Å². The monoisotopic (exact) mass is 160 g/mol. The van der Waals surface area contributed by atoms with Gasteiger partial charge < -0.3 is 14.9 Å². The number of rotatable bonds is 2. The minimum atomic E-state index is -0.917. The number of hydrogen-bond donors (Lipinski definition) is 2. The summed E-state index contributed by atoms with van der Waals surface area (Å²) in [5, 5.41) is 17.6. The highest BCUT2D eigenvalue weighted by Crippen LogP contribution is 2.16. The minimum Gasteiger partial charge on any atom is -0.460 e. The molecule has 1 unspecified atom stereocenters. The van der Waals surface area contributed by atoms with Crippen molar-refractivity contribution < 1.29 is 19.7 Å². The van der Waals surface area contributed by atoms with Crippen LogP contribution in [0.2, 0.25) is 0 Å². The maximum absolute atomic E-state index is 10.7. The van der Waals surface area contributed by atoms with E-state index in [-0.39, 0.29) is 12.6 Å². The van der Waals surface area contributed by atoms with E-state index >= 15 is 0 Å². The van der Waals surface area contributed by atoms with Gasteiger partial charge in [-0.1, -0.05) is 0 Å². The number of carbonyl (C=O) groups is 1. The third-order valence-electron chi connectivity index (χ3n) is 1.77. The third kappa shape index (κ3) is 2.17. The summed E-state index contributed by atoms with van der Waals surface area (Å²) in [6.45, 7) is -0.349. The van der Waals surface area contributed by atoms with Crippen LogP contribution in [0, 0.1) is 0 Å². The molecule has 0 amide bonds. The fraction of sp³-hybridized carbons (Fsp3) is 0.857. The van der Waals surface area contributed by atoms with Gasteiger partial charge in [-0.25, -0.2) is 0 Å². The predicted molar refractivity (Wildman–Crippen MR) is 36.8 cm³/mol. The molecule has 1 rings (SSSR count). The Morgan fingerprint density at radius 1 is 1.73 bits per heavy atom. The molecule has 2 N–H and O–H groups in total. The van der Waals surface area contributed by atoms with Gasteiger partial charge in [-0.15, -0.1) is 0 Å². The summed E-state index contributed by atoms with van der Waals surface area (Å²) in [4.78, 5) is 10.7. The van der Waals surface area contributed by atoms with Crippen molar-refractivity contribution in [2.24, 2.45) is 0 Å². The Bertz CT molecular complexity index is 145. The van der Waals surface area contributed by atoms with E-state index in [0.29, 0.717) is 12.8 Å². The Morgan fingerprint density at radius 2 is 2.45 bits per heavy atom. The Balaban J connectivity index is 2.39. The van der Waals surface area contributed by atoms with E-state index in [1.54, 1.807) is 0 Å². The highest BCUT2D eigenvalue weighted by Gasteiger charge is 2.26. The average molecular weight is 160 g/mol. The Kier molecular flexibility index (Phi) is 2.84. The lowest BCUT2D eigenvalue weighted by atomic mass is 10.0. The van der Waals surface area contributed by atoms with Crippen molar-refractivity contribution in [3.05, 3.63) is 0 Å². The first-order valence-corrected chi connectivity index (χ1v) is 3.72. The topological polar surface area (TPSA) is 66.8 Å². The van der Waals surface area contributed by atoms with Crippen LogP contribution in [-0.4, -0.2) is 35.0 Å². The first-order chi connectivity index (χ1) is 5.24. The van der Waals surface area contributed by atoms with Gasteiger partial charge in [0, 0.05) is 6.42 Å². The molecule has 11 heavy (non-hydrogen) atoms. The number of carbonyl (C=O) groups excluding carboxylic acids is 1. The number of hydrogen-bond acceptors (Lipinski definition) is 4. The zero-order valence-electron chi connectivity index (χ0n) is 6.19. The second-order valence-corrected chi connectivity index (χ2v) is 2.67. The van der Waals surface area contributed by atoms with Crippen LogP contribution < -0.4 is 0 Å². The second-order valence-electron chi connectivity index (χ2n) is 2.67. The molecule has 0 aromatic carbocycles. The zero-order chi connectivity index (χ0) is 8.27. The van der Waals surface area contributed by atoms with Crippen LogP contribution in [0.4, 0.5) is 0 Å². The third-order valence-corrected chi connectivity index (χ3v) is 1.77. The maximum atomic E-state index is 10.7. The SMILES string of the molecule is O=C1CCCC([C@H](O)CO)O1. The van der Waals surface area contributed by atoms with Crippen molar-refractivity contribution in [3.8, 4) is 0 Å². The lowest BCUT2D eigenvalue weighted by Crippen LogP contribution is -2.36. The molecule has 2 atom stereocenters. The molecule has 1 fully saturated rings. The Morgan fingerprint density at radius 3 is 3.00 bits per heavy atom. The Hall–Kier alpha value is -0.610. The molecule has 0 saturated carbocycles. The van der Waals surface area contributed by atoms with Crippen molar-refractivity contribution in [2.45, 2.75) is 31.5 Å². The van der Waals surface area contributed by atoms with Gasteiger partial charge >= 0.3 is 5.97 Å². The quantitative estimate of drug-likeness (QED) is 0.531. The summed E-state index contributed by atoms with van der Waals surface area (Å²) in [6, 6.07) is 0. The number of cyclic esters (lactones) is 1. The smallest absolute Gasteiger partial charge is 0.306 e. The molecule has 4 nitrogen and oxygen atoms in total. The summed E-state index contributed by atoms with van der Waals surface area (Å²) in [7, 11) is 0. The van der Waals surface area contributed by atoms with E-state index in [2.05, 4.69) is 0 Å². The van der Waals surface area contributed by atoms with Gasteiger partial charge in [-0.2, -0.15) is 0 Å². The molecular formula is C7H12O4. The van der Waals surface area contributed by atoms with Crippen LogP contribution in [0.25, 0.3) is 0 Å². The fourth-order valence-electron chi connectivity index (χ4n) is 1.12. The summed E-state index contributed by atoms with van der Waals surface area (Å²) < 4.78 is 4.79. The predicted octanol–water partition coefficient (Wildman–Crippen LogP) is -0.565. The van der Waals surface area contributed by atoms with Gasteiger partial charge in [0.25, 0.3) is 0 Å². The normalized spacial score (nSPS) is 27.8. The summed E-state index contributed by atoms with van der Waals surface area (Å²) >= 11 is 0. The maximum Gasteiger partial charge on any atom is 0.306 e. The van der Waals surface area contributed by atoms with E-state index in [9.17, 15) is 4.79 Å². The molecule has 1 aliphatic heterocycles. The van der Waals surface area contributed by atoms with Gasteiger partial charge in [0.2, 0.25) is 0 Å². The standard InChI is InChI=1S/C7H12O4/c8-4-5(9)6-2-1-3-7(10)11-6/h5-6,8-9H,1-4H2/t5-,6?/m1/s1. The van der Waals surface area contributed by atoms with E-state index in [1.165, 1.54) is 0 Å². The first-order valence-electron chi connectivity index (χ1n) is 3.72. The highest BCUT2D eigenvalue weighted by molar-refractivity contribution is 5.70. The van der Waals surface area contributed by atoms with Gasteiger partial charge in [-0.05, 0) is 12.8 Å². The van der Waals surface area contributed by atoms with Gasteiger partial charge in [0.1, 0.15) is 12.2 Å². The molecular weight excluding hydrogens is 148 g/mol. The number of aliphatic hydroxyl groups is 2.